The Morgan fingerprint density at radius 1 is 1.48 bits per heavy atom. The van der Waals surface area contributed by atoms with Gasteiger partial charge in [0.15, 0.2) is 5.13 Å². The van der Waals surface area contributed by atoms with E-state index < -0.39 is 0 Å². The van der Waals surface area contributed by atoms with Crippen LogP contribution >= 0.6 is 27.3 Å². The number of nitrogens with one attached hydrogen (secondary N) is 1. The number of hydrogen-bond acceptors (Lipinski definition) is 5. The third kappa shape index (κ3) is 4.54. The van der Waals surface area contributed by atoms with Crippen molar-refractivity contribution in [3.8, 4) is 0 Å². The molecule has 2 rings (SSSR count). The number of aromatic nitrogens is 1. The van der Waals surface area contributed by atoms with Crippen LogP contribution in [0.25, 0.3) is 0 Å². The first kappa shape index (κ1) is 16.0. The zero-order chi connectivity index (χ0) is 15.2. The summed E-state index contributed by atoms with van der Waals surface area (Å²) in [6.45, 7) is 4.27. The molecule has 1 aromatic carbocycles. The normalized spacial score (nSPS) is 10.4. The number of carbonyl (C=O) groups is 1. The molecule has 0 amide bonds. The highest BCUT2D eigenvalue weighted by molar-refractivity contribution is 9.10. The Labute approximate surface area is 136 Å². The second-order valence-corrected chi connectivity index (χ2v) is 6.20. The zero-order valence-electron chi connectivity index (χ0n) is 12.0. The lowest BCUT2D eigenvalue weighted by Gasteiger charge is -2.07. The van der Waals surface area contributed by atoms with E-state index in [4.69, 9.17) is 4.74 Å². The molecule has 1 heterocycles. The number of aryl methyl sites for hydroxylation is 1. The van der Waals surface area contributed by atoms with Crippen LogP contribution in [0.4, 0.5) is 10.8 Å². The number of nitrogens with zero attached hydrogens (tertiary/aromatic N) is 1. The molecule has 1 aromatic heterocycles. The number of carbonyl (C=O) groups excluding carboxylic acids is 1. The molecule has 0 radical (unpaired) electrons. The molecule has 0 fully saturated rings. The molecule has 6 heteroatoms. The Kier molecular flexibility index (Phi) is 5.76. The van der Waals surface area contributed by atoms with Crippen molar-refractivity contribution in [3.05, 3.63) is 39.3 Å². The maximum absolute atomic E-state index is 11.3. The SMILES string of the molecule is CCOC(=O)CCc1csc(Nc2cccc(Br)c2C)n1. The van der Waals surface area contributed by atoms with E-state index in [1.54, 1.807) is 0 Å². The molecule has 1 N–H and O–H groups in total. The van der Waals surface area contributed by atoms with Gasteiger partial charge in [-0.15, -0.1) is 11.3 Å². The average Bonchev–Trinajstić information content (AvgIpc) is 2.90. The molecule has 0 saturated carbocycles. The predicted molar refractivity (Wildman–Crippen MR) is 89.2 cm³/mol. The molecule has 0 atom stereocenters. The fourth-order valence-corrected chi connectivity index (χ4v) is 2.92. The fourth-order valence-electron chi connectivity index (χ4n) is 1.80. The predicted octanol–water partition coefficient (Wildman–Crippen LogP) is 4.45. The van der Waals surface area contributed by atoms with Crippen molar-refractivity contribution in [2.75, 3.05) is 11.9 Å². The first-order chi connectivity index (χ1) is 10.1. The second kappa shape index (κ2) is 7.56. The van der Waals surface area contributed by atoms with Crippen LogP contribution in [0, 0.1) is 6.92 Å². The van der Waals surface area contributed by atoms with Gasteiger partial charge in [0.25, 0.3) is 0 Å². The van der Waals surface area contributed by atoms with E-state index in [9.17, 15) is 4.79 Å². The van der Waals surface area contributed by atoms with E-state index in [0.717, 1.165) is 26.5 Å². The highest BCUT2D eigenvalue weighted by atomic mass is 79.9. The lowest BCUT2D eigenvalue weighted by Crippen LogP contribution is -2.05. The Bertz CT molecular complexity index is 628. The number of benzene rings is 1. The van der Waals surface area contributed by atoms with Gasteiger partial charge in [0.05, 0.1) is 18.7 Å². The molecule has 21 heavy (non-hydrogen) atoms. The van der Waals surface area contributed by atoms with Crippen molar-refractivity contribution >= 4 is 44.1 Å². The highest BCUT2D eigenvalue weighted by Gasteiger charge is 2.08. The lowest BCUT2D eigenvalue weighted by atomic mass is 10.2. The minimum atomic E-state index is -0.178. The van der Waals surface area contributed by atoms with Gasteiger partial charge in [-0.2, -0.15) is 0 Å². The van der Waals surface area contributed by atoms with Crippen LogP contribution in [0.2, 0.25) is 0 Å². The minimum absolute atomic E-state index is 0.178. The molecule has 0 aliphatic carbocycles. The van der Waals surface area contributed by atoms with Gasteiger partial charge in [-0.05, 0) is 31.5 Å². The van der Waals surface area contributed by atoms with Crippen molar-refractivity contribution in [1.29, 1.82) is 0 Å². The number of anilines is 2. The fraction of sp³-hybridized carbons (Fsp3) is 0.333. The van der Waals surface area contributed by atoms with Crippen LogP contribution in [0.1, 0.15) is 24.6 Å². The van der Waals surface area contributed by atoms with Crippen LogP contribution in [-0.2, 0) is 16.0 Å². The zero-order valence-corrected chi connectivity index (χ0v) is 14.4. The first-order valence-corrected chi connectivity index (χ1v) is 8.39. The number of hydrogen-bond donors (Lipinski definition) is 1. The summed E-state index contributed by atoms with van der Waals surface area (Å²) in [6.07, 6.45) is 0.974. The molecular formula is C15H17BrN2O2S. The molecule has 0 saturated heterocycles. The smallest absolute Gasteiger partial charge is 0.306 e. The number of ether oxygens (including phenoxy) is 1. The third-order valence-corrected chi connectivity index (χ3v) is 4.62. The molecule has 0 spiro atoms. The van der Waals surface area contributed by atoms with Gasteiger partial charge in [0, 0.05) is 22.0 Å². The average molecular weight is 369 g/mol. The first-order valence-electron chi connectivity index (χ1n) is 6.72. The van der Waals surface area contributed by atoms with Gasteiger partial charge < -0.3 is 10.1 Å². The van der Waals surface area contributed by atoms with E-state index >= 15 is 0 Å². The summed E-state index contributed by atoms with van der Waals surface area (Å²) in [5.41, 5.74) is 3.07. The van der Waals surface area contributed by atoms with Gasteiger partial charge in [-0.25, -0.2) is 4.98 Å². The van der Waals surface area contributed by atoms with Gasteiger partial charge in [-0.1, -0.05) is 22.0 Å². The molecule has 0 aliphatic heterocycles. The van der Waals surface area contributed by atoms with Crippen LogP contribution in [-0.4, -0.2) is 17.6 Å². The Hall–Kier alpha value is -1.40. The summed E-state index contributed by atoms with van der Waals surface area (Å²) in [7, 11) is 0. The molecule has 0 unspecified atom stereocenters. The van der Waals surface area contributed by atoms with Gasteiger partial charge in [-0.3, -0.25) is 4.79 Å². The maximum Gasteiger partial charge on any atom is 0.306 e. The van der Waals surface area contributed by atoms with E-state index in [1.807, 2.05) is 37.4 Å². The van der Waals surface area contributed by atoms with Gasteiger partial charge >= 0.3 is 5.97 Å². The summed E-state index contributed by atoms with van der Waals surface area (Å²) >= 11 is 5.05. The van der Waals surface area contributed by atoms with Crippen molar-refractivity contribution < 1.29 is 9.53 Å². The number of rotatable bonds is 6. The molecule has 112 valence electrons. The number of esters is 1. The van der Waals surface area contributed by atoms with E-state index in [-0.39, 0.29) is 5.97 Å². The van der Waals surface area contributed by atoms with Crippen molar-refractivity contribution in [2.45, 2.75) is 26.7 Å². The van der Waals surface area contributed by atoms with Crippen molar-refractivity contribution in [3.63, 3.8) is 0 Å². The quantitative estimate of drug-likeness (QED) is 0.765. The molecule has 0 aliphatic rings. The van der Waals surface area contributed by atoms with Gasteiger partial charge in [0.2, 0.25) is 0 Å². The number of thiazole rings is 1. The standard InChI is InChI=1S/C15H17BrN2O2S/c1-3-20-14(19)8-7-11-9-21-15(17-11)18-13-6-4-5-12(16)10(13)2/h4-6,9H,3,7-8H2,1-2H3,(H,17,18). The topological polar surface area (TPSA) is 51.2 Å². The monoisotopic (exact) mass is 368 g/mol. The van der Waals surface area contributed by atoms with Crippen molar-refractivity contribution in [1.82, 2.24) is 4.98 Å². The molecule has 0 bridgehead atoms. The van der Waals surface area contributed by atoms with Crippen LogP contribution < -0.4 is 5.32 Å². The van der Waals surface area contributed by atoms with Crippen LogP contribution in [0.5, 0.6) is 0 Å². The molecular weight excluding hydrogens is 352 g/mol. The van der Waals surface area contributed by atoms with E-state index in [0.29, 0.717) is 19.4 Å². The van der Waals surface area contributed by atoms with Gasteiger partial charge in [0.1, 0.15) is 0 Å². The van der Waals surface area contributed by atoms with E-state index in [1.165, 1.54) is 11.3 Å². The summed E-state index contributed by atoms with van der Waals surface area (Å²) in [6, 6.07) is 6.00. The molecule has 2 aromatic rings. The summed E-state index contributed by atoms with van der Waals surface area (Å²) in [5.74, 6) is -0.178. The van der Waals surface area contributed by atoms with Crippen LogP contribution in [0.15, 0.2) is 28.1 Å². The molecule has 4 nitrogen and oxygen atoms in total. The van der Waals surface area contributed by atoms with Crippen LogP contribution in [0.3, 0.4) is 0 Å². The number of halogens is 1. The Morgan fingerprint density at radius 3 is 3.05 bits per heavy atom. The Morgan fingerprint density at radius 2 is 2.29 bits per heavy atom. The summed E-state index contributed by atoms with van der Waals surface area (Å²) in [4.78, 5) is 15.8. The third-order valence-electron chi connectivity index (χ3n) is 2.95. The van der Waals surface area contributed by atoms with E-state index in [2.05, 4.69) is 26.2 Å². The highest BCUT2D eigenvalue weighted by Crippen LogP contribution is 2.28. The Balaban J connectivity index is 1.97. The maximum atomic E-state index is 11.3. The largest absolute Gasteiger partial charge is 0.466 e. The lowest BCUT2D eigenvalue weighted by molar-refractivity contribution is -0.143. The van der Waals surface area contributed by atoms with Crippen molar-refractivity contribution in [2.24, 2.45) is 0 Å². The second-order valence-electron chi connectivity index (χ2n) is 4.49. The summed E-state index contributed by atoms with van der Waals surface area (Å²) in [5, 5.41) is 6.10. The summed E-state index contributed by atoms with van der Waals surface area (Å²) < 4.78 is 5.97. The minimum Gasteiger partial charge on any atom is -0.466 e.